The molecule has 0 radical (unpaired) electrons. The third-order valence-electron chi connectivity index (χ3n) is 11.4. The number of carboxylic acids is 1. The van der Waals surface area contributed by atoms with Gasteiger partial charge in [-0.2, -0.15) is 18.3 Å². The molecule has 21 heteroatoms. The summed E-state index contributed by atoms with van der Waals surface area (Å²) in [7, 11) is 1.40. The molecule has 1 aromatic carbocycles. The number of quaternary nitrogens is 1. The van der Waals surface area contributed by atoms with Gasteiger partial charge in [0.05, 0.1) is 59.8 Å². The number of alkyl halides is 3. The number of imidazole rings is 1. The minimum Gasteiger partial charge on any atom is -0.544 e. The van der Waals surface area contributed by atoms with Crippen LogP contribution in [0.2, 0.25) is 5.02 Å². The highest BCUT2D eigenvalue weighted by atomic mass is 35.5. The Bertz CT molecular complexity index is 2230. The van der Waals surface area contributed by atoms with Gasteiger partial charge in [-0.15, -0.1) is 0 Å². The number of aliphatic carboxylic acids is 1. The van der Waals surface area contributed by atoms with E-state index in [-0.39, 0.29) is 89.7 Å². The van der Waals surface area contributed by atoms with Crippen LogP contribution in [0, 0.1) is 11.8 Å². The molecule has 17 nitrogen and oxygen atoms in total. The molecule has 6 heterocycles. The van der Waals surface area contributed by atoms with E-state index in [0.29, 0.717) is 55.2 Å². The molecule has 3 amide bonds. The molecule has 0 bridgehead atoms. The minimum absolute atomic E-state index is 0.0147. The predicted molar refractivity (Wildman–Crippen MR) is 209 cm³/mol. The van der Waals surface area contributed by atoms with Crippen molar-refractivity contribution in [3.05, 3.63) is 71.0 Å². The molecule has 3 aromatic heterocycles. The van der Waals surface area contributed by atoms with Crippen molar-refractivity contribution in [2.24, 2.45) is 24.6 Å². The van der Waals surface area contributed by atoms with Crippen LogP contribution in [-0.4, -0.2) is 141 Å². The van der Waals surface area contributed by atoms with Gasteiger partial charge in [0, 0.05) is 89.4 Å². The number of ether oxygens (including phenoxy) is 1. The summed E-state index contributed by atoms with van der Waals surface area (Å²) in [6.07, 6.45) is -0.0333. The van der Waals surface area contributed by atoms with Crippen LogP contribution >= 0.6 is 11.6 Å². The van der Waals surface area contributed by atoms with Gasteiger partial charge in [0.1, 0.15) is 18.9 Å². The normalized spacial score (nSPS) is 19.8. The molecule has 60 heavy (non-hydrogen) atoms. The quantitative estimate of drug-likeness (QED) is 0.164. The van der Waals surface area contributed by atoms with Gasteiger partial charge in [-0.25, -0.2) is 14.6 Å². The monoisotopic (exact) mass is 855 g/mol. The Morgan fingerprint density at radius 2 is 1.75 bits per heavy atom. The number of pyridine rings is 1. The van der Waals surface area contributed by atoms with Gasteiger partial charge in [0.2, 0.25) is 5.91 Å². The Kier molecular flexibility index (Phi) is 12.5. The number of amides is 3. The number of carboxylic acid groups (broad SMARTS) is 1. The van der Waals surface area contributed by atoms with Crippen LogP contribution < -0.4 is 26.2 Å². The highest BCUT2D eigenvalue weighted by Gasteiger charge is 2.42. The summed E-state index contributed by atoms with van der Waals surface area (Å²) in [5.41, 5.74) is 4.27. The zero-order chi connectivity index (χ0) is 42.8. The highest BCUT2D eigenvalue weighted by Crippen LogP contribution is 2.37. The average molecular weight is 856 g/mol. The van der Waals surface area contributed by atoms with Gasteiger partial charge in [0.15, 0.2) is 17.3 Å². The first kappa shape index (κ1) is 42.6. The lowest BCUT2D eigenvalue weighted by Gasteiger charge is -2.47. The standard InChI is InChI=1S/C39H45ClF3N11O6/c1-50-31(29-21-53(49-34(29)39(41,42)43)32-5-3-27(19-46-32)60-15-8-44)20-47-35(50)36(57)48-26-2-4-28(30(40)16-26)38(59)52-11-9-51(10-12-52)37(58)25-6-13-54(14-7-25,23-33(55)56)22-24-17-45-18-24/h2-5,16,19-21,24-25,45H,6-15,17-18,22-23,44H2,1H3,(H-,48,55,56,57,59). The van der Waals surface area contributed by atoms with Crippen LogP contribution in [0.5, 0.6) is 5.75 Å². The van der Waals surface area contributed by atoms with Gasteiger partial charge in [0.25, 0.3) is 11.8 Å². The SMILES string of the molecule is Cn1c(-c2cn(-c3ccc(OCCN)cn3)nc2C(F)(F)F)cnc1C(=O)Nc1ccc(C(=O)N2CCN(C(=O)C3CC[N+](CC(=O)[O-])(CC4CNC4)CC3)CC2)c(Cl)c1. The van der Waals surface area contributed by atoms with Crippen LogP contribution in [0.1, 0.15) is 39.5 Å². The number of piperidine rings is 1. The lowest BCUT2D eigenvalue weighted by atomic mass is 9.90. The molecule has 3 aliphatic rings. The van der Waals surface area contributed by atoms with E-state index >= 15 is 0 Å². The summed E-state index contributed by atoms with van der Waals surface area (Å²) in [5.74, 6) is -1.66. The third kappa shape index (κ3) is 9.25. The maximum Gasteiger partial charge on any atom is 0.435 e. The molecular weight excluding hydrogens is 811 g/mol. The molecular formula is C39H45ClF3N11O6. The molecule has 0 unspecified atom stereocenters. The number of nitrogens with zero attached hydrogens (tertiary/aromatic N) is 8. The maximum atomic E-state index is 14.2. The first-order valence-corrected chi connectivity index (χ1v) is 20.0. The Morgan fingerprint density at radius 1 is 1.03 bits per heavy atom. The topological polar surface area (TPSA) is 206 Å². The lowest BCUT2D eigenvalue weighted by molar-refractivity contribution is -0.931. The van der Waals surface area contributed by atoms with E-state index in [1.165, 1.54) is 48.1 Å². The first-order chi connectivity index (χ1) is 28.6. The number of carbonyl (C=O) groups excluding carboxylic acids is 4. The van der Waals surface area contributed by atoms with Crippen molar-refractivity contribution < 1.29 is 46.7 Å². The predicted octanol–water partition coefficient (Wildman–Crippen LogP) is 1.41. The highest BCUT2D eigenvalue weighted by molar-refractivity contribution is 6.34. The van der Waals surface area contributed by atoms with Crippen molar-refractivity contribution in [2.45, 2.75) is 19.0 Å². The lowest BCUT2D eigenvalue weighted by Crippen LogP contribution is -2.63. The second kappa shape index (κ2) is 17.6. The number of hydrogen-bond acceptors (Lipinski definition) is 11. The number of aromatic nitrogens is 5. The van der Waals surface area contributed by atoms with Gasteiger partial charge >= 0.3 is 6.18 Å². The van der Waals surface area contributed by atoms with Crippen molar-refractivity contribution in [1.29, 1.82) is 0 Å². The van der Waals surface area contributed by atoms with Gasteiger partial charge < -0.3 is 49.9 Å². The van der Waals surface area contributed by atoms with Crippen LogP contribution in [0.25, 0.3) is 17.1 Å². The number of hydrogen-bond donors (Lipinski definition) is 3. The van der Waals surface area contributed by atoms with Gasteiger partial charge in [-0.05, 0) is 30.3 Å². The second-order valence-corrected chi connectivity index (χ2v) is 15.8. The zero-order valence-corrected chi connectivity index (χ0v) is 33.5. The maximum absolute atomic E-state index is 14.2. The number of rotatable bonds is 13. The van der Waals surface area contributed by atoms with Crippen molar-refractivity contribution >= 4 is 41.0 Å². The molecule has 0 spiro atoms. The van der Waals surface area contributed by atoms with Crippen molar-refractivity contribution in [3.63, 3.8) is 0 Å². The van der Waals surface area contributed by atoms with E-state index in [1.54, 1.807) is 9.80 Å². The molecule has 3 fully saturated rings. The van der Waals surface area contributed by atoms with Crippen LogP contribution in [0.3, 0.4) is 0 Å². The number of nitrogens with one attached hydrogen (secondary N) is 2. The van der Waals surface area contributed by atoms with Gasteiger partial charge in [-0.1, -0.05) is 11.6 Å². The number of halogens is 4. The fourth-order valence-corrected chi connectivity index (χ4v) is 8.37. The fourth-order valence-electron chi connectivity index (χ4n) is 8.11. The molecule has 4 aromatic rings. The number of nitrogens with two attached hydrogens (primary N) is 1. The van der Waals surface area contributed by atoms with E-state index in [9.17, 15) is 37.5 Å². The summed E-state index contributed by atoms with van der Waals surface area (Å²) >= 11 is 6.55. The number of piperazine rings is 1. The van der Waals surface area contributed by atoms with E-state index in [2.05, 4.69) is 25.7 Å². The van der Waals surface area contributed by atoms with E-state index < -0.39 is 23.7 Å². The third-order valence-corrected chi connectivity index (χ3v) is 11.7. The molecule has 0 aliphatic carbocycles. The summed E-state index contributed by atoms with van der Waals surface area (Å²) in [4.78, 5) is 63.6. The largest absolute Gasteiger partial charge is 0.544 e. The average Bonchev–Trinajstić information content (AvgIpc) is 3.83. The molecule has 4 N–H and O–H groups in total. The van der Waals surface area contributed by atoms with Gasteiger partial charge in [-0.3, -0.25) is 14.4 Å². The molecule has 3 saturated heterocycles. The van der Waals surface area contributed by atoms with Crippen LogP contribution in [-0.2, 0) is 22.8 Å². The molecule has 0 saturated carbocycles. The fraction of sp³-hybridized carbons (Fsp3) is 0.462. The number of carbonyl (C=O) groups is 4. The molecule has 0 atom stereocenters. The molecule has 7 rings (SSSR count). The van der Waals surface area contributed by atoms with E-state index in [4.69, 9.17) is 22.1 Å². The van der Waals surface area contributed by atoms with E-state index in [0.717, 1.165) is 36.7 Å². The first-order valence-electron chi connectivity index (χ1n) is 19.6. The van der Waals surface area contributed by atoms with Crippen molar-refractivity contribution in [2.75, 3.05) is 83.9 Å². The zero-order valence-electron chi connectivity index (χ0n) is 32.8. The van der Waals surface area contributed by atoms with E-state index in [1.807, 2.05) is 0 Å². The summed E-state index contributed by atoms with van der Waals surface area (Å²) < 4.78 is 50.6. The molecule has 320 valence electrons. The number of anilines is 1. The Labute approximate surface area is 347 Å². The molecule has 3 aliphatic heterocycles. The Morgan fingerprint density at radius 3 is 2.35 bits per heavy atom. The number of likely N-dealkylation sites (tertiary alicyclic amines) is 1. The summed E-state index contributed by atoms with van der Waals surface area (Å²) in [6.45, 7) is 5.43. The Hall–Kier alpha value is -5.57. The van der Waals surface area contributed by atoms with Crippen molar-refractivity contribution in [1.82, 2.24) is 39.4 Å². The smallest absolute Gasteiger partial charge is 0.435 e. The summed E-state index contributed by atoms with van der Waals surface area (Å²) in [6, 6.07) is 7.32. The second-order valence-electron chi connectivity index (χ2n) is 15.4. The van der Waals surface area contributed by atoms with Crippen LogP contribution in [0.4, 0.5) is 18.9 Å². The Balaban J connectivity index is 0.954. The summed E-state index contributed by atoms with van der Waals surface area (Å²) in [5, 5.41) is 21.3. The minimum atomic E-state index is -4.85. The van der Waals surface area contributed by atoms with Crippen molar-refractivity contribution in [3.8, 4) is 22.8 Å². The number of benzene rings is 1. The van der Waals surface area contributed by atoms with Crippen LogP contribution in [0.15, 0.2) is 48.9 Å².